The molecule has 64 heavy (non-hydrogen) atoms. The van der Waals surface area contributed by atoms with Gasteiger partial charge in [0, 0.05) is 0 Å². The first-order chi connectivity index (χ1) is 30.7. The third-order valence-electron chi connectivity index (χ3n) is 13.2. The van der Waals surface area contributed by atoms with Crippen molar-refractivity contribution < 1.29 is 0 Å². The molecular formula is C62H62SSe. The van der Waals surface area contributed by atoms with Crippen molar-refractivity contribution in [1.82, 2.24) is 0 Å². The standard InChI is InChI=1S/C62H62SSe/c1-39-21-15-22-40(2)57(39)51-31-19-32-52(58-41(3)23-16-24-42(58)4)55(51)37-47-35-49(62(9,10)11)36-48(61(47)64-63-50-29-13-12-14-30-50)38-56-53(59-43(5)25-17-26-44(59)6)33-20-34-54(56)60-45(7)27-18-28-46(60)8/h12-36H,37-38H2,1-11H3. The van der Waals surface area contributed by atoms with Crippen molar-refractivity contribution in [2.75, 3.05) is 0 Å². The second-order valence-corrected chi connectivity index (χ2v) is 22.7. The van der Waals surface area contributed by atoms with Crippen LogP contribution in [0, 0.1) is 55.4 Å². The topological polar surface area (TPSA) is 0 Å². The molecule has 8 rings (SSSR count). The van der Waals surface area contributed by atoms with Crippen LogP contribution < -0.4 is 4.46 Å². The van der Waals surface area contributed by atoms with E-state index in [1.165, 1.54) is 126 Å². The van der Waals surface area contributed by atoms with E-state index in [0.717, 1.165) is 12.8 Å². The Balaban J connectivity index is 1.44. The number of hydrogen-bond donors (Lipinski definition) is 0. The molecule has 0 amide bonds. The zero-order valence-corrected chi connectivity index (χ0v) is 42.2. The van der Waals surface area contributed by atoms with E-state index in [1.807, 2.05) is 10.2 Å². The summed E-state index contributed by atoms with van der Waals surface area (Å²) < 4.78 is 1.50. The first-order valence-electron chi connectivity index (χ1n) is 22.8. The first kappa shape index (κ1) is 45.2. The van der Waals surface area contributed by atoms with Gasteiger partial charge in [-0.25, -0.2) is 0 Å². The van der Waals surface area contributed by atoms with Gasteiger partial charge >= 0.3 is 396 Å². The van der Waals surface area contributed by atoms with E-state index in [-0.39, 0.29) is 19.3 Å². The molecular weight excluding hydrogens is 856 g/mol. The molecule has 2 heteroatoms. The summed E-state index contributed by atoms with van der Waals surface area (Å²) in [6.45, 7) is 25.4. The molecule has 0 atom stereocenters. The van der Waals surface area contributed by atoms with Gasteiger partial charge < -0.3 is 0 Å². The van der Waals surface area contributed by atoms with Crippen LogP contribution in [0.3, 0.4) is 0 Å². The van der Waals surface area contributed by atoms with Crippen molar-refractivity contribution in [3.05, 3.63) is 224 Å². The molecule has 0 aliphatic carbocycles. The first-order valence-corrected chi connectivity index (χ1v) is 26.5. The second kappa shape index (κ2) is 19.0. The average Bonchev–Trinajstić information content (AvgIpc) is 3.24. The molecule has 0 saturated heterocycles. The predicted molar refractivity (Wildman–Crippen MR) is 281 cm³/mol. The summed E-state index contributed by atoms with van der Waals surface area (Å²) in [5, 5.41) is 0. The molecule has 0 spiro atoms. The number of rotatable bonds is 11. The van der Waals surface area contributed by atoms with E-state index in [0.29, 0.717) is 0 Å². The minimum absolute atomic E-state index is 0.0648. The summed E-state index contributed by atoms with van der Waals surface area (Å²) in [5.41, 5.74) is 28.3. The van der Waals surface area contributed by atoms with Gasteiger partial charge in [-0.1, -0.05) is 0 Å². The molecule has 0 heterocycles. The molecule has 0 bridgehead atoms. The zero-order chi connectivity index (χ0) is 45.3. The van der Waals surface area contributed by atoms with Crippen LogP contribution in [-0.4, -0.2) is 13.8 Å². The van der Waals surface area contributed by atoms with E-state index in [2.05, 4.69) is 228 Å². The van der Waals surface area contributed by atoms with Crippen LogP contribution in [0.1, 0.15) is 93.1 Å². The van der Waals surface area contributed by atoms with Crippen LogP contribution in [-0.2, 0) is 18.3 Å². The summed E-state index contributed by atoms with van der Waals surface area (Å²) in [7, 11) is 2.02. The monoisotopic (exact) mass is 918 g/mol. The van der Waals surface area contributed by atoms with Crippen LogP contribution >= 0.6 is 10.2 Å². The zero-order valence-electron chi connectivity index (χ0n) is 39.7. The number of benzene rings is 8. The van der Waals surface area contributed by atoms with Crippen molar-refractivity contribution in [3.8, 4) is 44.5 Å². The normalized spacial score (nSPS) is 11.6. The summed E-state index contributed by atoms with van der Waals surface area (Å²) in [6, 6.07) is 57.4. The van der Waals surface area contributed by atoms with Gasteiger partial charge in [0.1, 0.15) is 0 Å². The van der Waals surface area contributed by atoms with Gasteiger partial charge in [-0.2, -0.15) is 0 Å². The van der Waals surface area contributed by atoms with Gasteiger partial charge in [0.25, 0.3) is 0 Å². The predicted octanol–water partition coefficient (Wildman–Crippen LogP) is 16.3. The quantitative estimate of drug-likeness (QED) is 0.117. The second-order valence-electron chi connectivity index (χ2n) is 18.9. The summed E-state index contributed by atoms with van der Waals surface area (Å²) in [6.07, 6.45) is 1.66. The summed E-state index contributed by atoms with van der Waals surface area (Å²) in [4.78, 5) is 1.32. The van der Waals surface area contributed by atoms with Crippen molar-refractivity contribution in [2.24, 2.45) is 0 Å². The third kappa shape index (κ3) is 9.25. The Morgan fingerprint density at radius 1 is 0.375 bits per heavy atom. The molecule has 0 aromatic heterocycles. The molecule has 0 aliphatic heterocycles. The van der Waals surface area contributed by atoms with Crippen LogP contribution in [0.15, 0.2) is 157 Å². The van der Waals surface area contributed by atoms with E-state index >= 15 is 0 Å². The number of hydrogen-bond acceptors (Lipinski definition) is 1. The van der Waals surface area contributed by atoms with Crippen LogP contribution in [0.5, 0.6) is 0 Å². The van der Waals surface area contributed by atoms with Gasteiger partial charge in [0.2, 0.25) is 0 Å². The SMILES string of the molecule is Cc1cccc(C)c1-c1cccc(-c2c(C)cccc2C)c1Cc1cc(C(C)(C)C)cc(Cc2c(-c3c(C)cccc3C)cccc2-c2c(C)cccc2C)c1[Se]Sc1ccccc1. The van der Waals surface area contributed by atoms with Crippen molar-refractivity contribution in [1.29, 1.82) is 0 Å². The molecule has 0 aliphatic rings. The van der Waals surface area contributed by atoms with E-state index < -0.39 is 0 Å². The van der Waals surface area contributed by atoms with Gasteiger partial charge in [-0.05, 0) is 0 Å². The number of aryl methyl sites for hydroxylation is 8. The Labute approximate surface area is 393 Å². The Kier molecular flexibility index (Phi) is 13.4. The minimum atomic E-state index is -0.0648. The summed E-state index contributed by atoms with van der Waals surface area (Å²) >= 11 is 0.0704. The Morgan fingerprint density at radius 2 is 0.672 bits per heavy atom. The summed E-state index contributed by atoms with van der Waals surface area (Å²) in [5.74, 6) is 0. The maximum absolute atomic E-state index is 2.59. The van der Waals surface area contributed by atoms with Gasteiger partial charge in [-0.3, -0.25) is 0 Å². The van der Waals surface area contributed by atoms with Crippen molar-refractivity contribution >= 4 is 28.5 Å². The third-order valence-corrected chi connectivity index (χ3v) is 17.8. The van der Waals surface area contributed by atoms with Crippen molar-refractivity contribution in [2.45, 2.75) is 99.3 Å². The molecule has 322 valence electrons. The van der Waals surface area contributed by atoms with Gasteiger partial charge in [0.15, 0.2) is 0 Å². The molecule has 8 aromatic rings. The average molecular weight is 918 g/mol. The van der Waals surface area contributed by atoms with Gasteiger partial charge in [0.05, 0.1) is 0 Å². The van der Waals surface area contributed by atoms with E-state index in [4.69, 9.17) is 0 Å². The van der Waals surface area contributed by atoms with Crippen molar-refractivity contribution in [3.63, 3.8) is 0 Å². The van der Waals surface area contributed by atoms with E-state index in [9.17, 15) is 0 Å². The molecule has 0 unspecified atom stereocenters. The maximum atomic E-state index is 2.59. The van der Waals surface area contributed by atoms with Crippen LogP contribution in [0.4, 0.5) is 0 Å². The van der Waals surface area contributed by atoms with Crippen LogP contribution in [0.2, 0.25) is 0 Å². The fourth-order valence-electron chi connectivity index (χ4n) is 9.95. The molecule has 0 nitrogen and oxygen atoms in total. The molecule has 8 aromatic carbocycles. The molecule has 0 N–H and O–H groups in total. The Morgan fingerprint density at radius 3 is 0.969 bits per heavy atom. The van der Waals surface area contributed by atoms with Crippen LogP contribution in [0.25, 0.3) is 44.5 Å². The molecule has 0 radical (unpaired) electrons. The Bertz CT molecular complexity index is 2600. The fourth-order valence-corrected chi connectivity index (χ4v) is 14.3. The molecule has 0 fully saturated rings. The molecule has 0 saturated carbocycles. The van der Waals surface area contributed by atoms with E-state index in [1.54, 1.807) is 0 Å². The fraction of sp³-hybridized carbons (Fsp3) is 0.226. The van der Waals surface area contributed by atoms with Gasteiger partial charge in [-0.15, -0.1) is 0 Å². The Hall–Kier alpha value is -5.37.